The molecule has 2 atom stereocenters. The lowest BCUT2D eigenvalue weighted by molar-refractivity contribution is 0.0191. The molecule has 0 radical (unpaired) electrons. The molecule has 1 saturated carbocycles. The van der Waals surface area contributed by atoms with Crippen LogP contribution in [0.2, 0.25) is 0 Å². The number of fused-ring (bicyclic) bond motifs is 1. The van der Waals surface area contributed by atoms with Crippen molar-refractivity contribution in [1.29, 1.82) is 0 Å². The first kappa shape index (κ1) is 12.7. The van der Waals surface area contributed by atoms with E-state index >= 15 is 0 Å². The second kappa shape index (κ2) is 4.24. The van der Waals surface area contributed by atoms with Crippen molar-refractivity contribution >= 4 is 0 Å². The van der Waals surface area contributed by atoms with Crippen LogP contribution in [0.5, 0.6) is 5.75 Å². The summed E-state index contributed by atoms with van der Waals surface area (Å²) in [6, 6.07) is 6.83. The fraction of sp³-hybridized carbons (Fsp3) is 0.667. The zero-order chi connectivity index (χ0) is 13.8. The summed E-state index contributed by atoms with van der Waals surface area (Å²) in [6.07, 6.45) is 8.20. The van der Waals surface area contributed by atoms with Crippen molar-refractivity contribution in [3.8, 4) is 5.75 Å². The molecule has 1 heterocycles. The summed E-state index contributed by atoms with van der Waals surface area (Å²) in [6.45, 7) is 2.54. The molecule has 1 aromatic rings. The number of methoxy groups -OCH3 is 1. The highest BCUT2D eigenvalue weighted by molar-refractivity contribution is 5.46. The van der Waals surface area contributed by atoms with Gasteiger partial charge in [0, 0.05) is 12.0 Å². The molecular weight excluding hydrogens is 246 g/mol. The van der Waals surface area contributed by atoms with Gasteiger partial charge in [-0.05, 0) is 74.4 Å². The average Bonchev–Trinajstić information content (AvgIpc) is 2.86. The van der Waals surface area contributed by atoms with E-state index in [0.29, 0.717) is 10.8 Å². The van der Waals surface area contributed by atoms with Crippen molar-refractivity contribution in [2.24, 2.45) is 5.41 Å². The van der Waals surface area contributed by atoms with Crippen molar-refractivity contribution in [3.63, 3.8) is 0 Å². The number of rotatable bonds is 1. The van der Waals surface area contributed by atoms with Gasteiger partial charge in [-0.25, -0.2) is 0 Å². The molecule has 2 unspecified atom stereocenters. The highest BCUT2D eigenvalue weighted by Crippen LogP contribution is 2.63. The fourth-order valence-corrected chi connectivity index (χ4v) is 5.55. The number of likely N-dealkylation sites (tertiary alicyclic amines) is 1. The Bertz CT molecular complexity index is 540. The van der Waals surface area contributed by atoms with Crippen LogP contribution in [-0.2, 0) is 11.8 Å². The maximum atomic E-state index is 5.51. The summed E-state index contributed by atoms with van der Waals surface area (Å²) < 4.78 is 5.51. The Labute approximate surface area is 122 Å². The van der Waals surface area contributed by atoms with Gasteiger partial charge in [-0.1, -0.05) is 12.5 Å². The number of hydrogen-bond donors (Lipinski definition) is 0. The van der Waals surface area contributed by atoms with E-state index in [2.05, 4.69) is 30.1 Å². The number of hydrogen-bond acceptors (Lipinski definition) is 2. The molecular formula is C18H25NO. The van der Waals surface area contributed by atoms with Gasteiger partial charge in [-0.3, -0.25) is 0 Å². The molecule has 0 amide bonds. The molecule has 0 N–H and O–H groups in total. The molecule has 0 spiro atoms. The van der Waals surface area contributed by atoms with Gasteiger partial charge in [-0.15, -0.1) is 0 Å². The summed E-state index contributed by atoms with van der Waals surface area (Å²) in [7, 11) is 4.09. The standard InChI is InChI=1S/C18H25NO/c1-19-11-10-18-8-3-7-17(18,13-19)9-6-14-4-5-15(20-2)12-16(14)18/h4-5,12H,3,6-11,13H2,1-2H3. The lowest BCUT2D eigenvalue weighted by Crippen LogP contribution is -2.56. The first-order chi connectivity index (χ1) is 9.69. The smallest absolute Gasteiger partial charge is 0.119 e. The maximum absolute atomic E-state index is 5.51. The zero-order valence-electron chi connectivity index (χ0n) is 12.7. The Morgan fingerprint density at radius 1 is 1.15 bits per heavy atom. The highest BCUT2D eigenvalue weighted by atomic mass is 16.5. The van der Waals surface area contributed by atoms with E-state index in [1.807, 2.05) is 0 Å². The molecule has 1 aliphatic heterocycles. The topological polar surface area (TPSA) is 12.5 Å². The Hall–Kier alpha value is -1.02. The third-order valence-electron chi connectivity index (χ3n) is 6.47. The van der Waals surface area contributed by atoms with E-state index in [1.54, 1.807) is 18.2 Å². The molecule has 2 nitrogen and oxygen atoms in total. The van der Waals surface area contributed by atoms with E-state index in [-0.39, 0.29) is 0 Å². The van der Waals surface area contributed by atoms with E-state index < -0.39 is 0 Å². The average molecular weight is 271 g/mol. The quantitative estimate of drug-likeness (QED) is 0.776. The Morgan fingerprint density at radius 3 is 2.90 bits per heavy atom. The molecule has 1 aromatic carbocycles. The van der Waals surface area contributed by atoms with Crippen LogP contribution < -0.4 is 4.74 Å². The number of piperidine rings is 1. The van der Waals surface area contributed by atoms with Crippen molar-refractivity contribution in [2.45, 2.75) is 43.9 Å². The predicted molar refractivity (Wildman–Crippen MR) is 81.4 cm³/mol. The van der Waals surface area contributed by atoms with E-state index in [9.17, 15) is 0 Å². The summed E-state index contributed by atoms with van der Waals surface area (Å²) in [5, 5.41) is 0. The fourth-order valence-electron chi connectivity index (χ4n) is 5.55. The maximum Gasteiger partial charge on any atom is 0.119 e. The van der Waals surface area contributed by atoms with Crippen molar-refractivity contribution in [3.05, 3.63) is 29.3 Å². The lowest BCUT2D eigenvalue weighted by Gasteiger charge is -2.56. The zero-order valence-corrected chi connectivity index (χ0v) is 12.7. The van der Waals surface area contributed by atoms with Crippen LogP contribution in [0.1, 0.15) is 43.2 Å². The van der Waals surface area contributed by atoms with Gasteiger partial charge in [0.2, 0.25) is 0 Å². The Morgan fingerprint density at radius 2 is 2.05 bits per heavy atom. The molecule has 0 aromatic heterocycles. The summed E-state index contributed by atoms with van der Waals surface area (Å²) >= 11 is 0. The van der Waals surface area contributed by atoms with Gasteiger partial charge in [0.25, 0.3) is 0 Å². The third-order valence-corrected chi connectivity index (χ3v) is 6.47. The van der Waals surface area contributed by atoms with Crippen LogP contribution in [0.15, 0.2) is 18.2 Å². The van der Waals surface area contributed by atoms with Crippen LogP contribution in [-0.4, -0.2) is 32.1 Å². The second-order valence-electron chi connectivity index (χ2n) is 7.23. The van der Waals surface area contributed by atoms with Gasteiger partial charge in [-0.2, -0.15) is 0 Å². The van der Waals surface area contributed by atoms with Gasteiger partial charge in [0.1, 0.15) is 5.75 Å². The monoisotopic (exact) mass is 271 g/mol. The van der Waals surface area contributed by atoms with Gasteiger partial charge in [0.05, 0.1) is 7.11 Å². The molecule has 2 fully saturated rings. The lowest BCUT2D eigenvalue weighted by atomic mass is 9.52. The second-order valence-corrected chi connectivity index (χ2v) is 7.23. The molecule has 2 aliphatic carbocycles. The van der Waals surface area contributed by atoms with Gasteiger partial charge >= 0.3 is 0 Å². The van der Waals surface area contributed by atoms with Crippen molar-refractivity contribution in [2.75, 3.05) is 27.2 Å². The Balaban J connectivity index is 1.88. The summed E-state index contributed by atoms with van der Waals surface area (Å²) in [5.74, 6) is 1.04. The van der Waals surface area contributed by atoms with Crippen LogP contribution in [0, 0.1) is 5.41 Å². The minimum absolute atomic E-state index is 0.446. The van der Waals surface area contributed by atoms with Crippen LogP contribution >= 0.6 is 0 Å². The van der Waals surface area contributed by atoms with Crippen molar-refractivity contribution in [1.82, 2.24) is 4.90 Å². The first-order valence-corrected chi connectivity index (χ1v) is 8.05. The number of benzene rings is 1. The molecule has 2 heteroatoms. The van der Waals surface area contributed by atoms with Gasteiger partial charge < -0.3 is 9.64 Å². The van der Waals surface area contributed by atoms with Crippen LogP contribution in [0.4, 0.5) is 0 Å². The predicted octanol–water partition coefficient (Wildman–Crippen LogP) is 3.39. The molecule has 108 valence electrons. The van der Waals surface area contributed by atoms with E-state index in [1.165, 1.54) is 51.6 Å². The largest absolute Gasteiger partial charge is 0.497 e. The van der Waals surface area contributed by atoms with Crippen molar-refractivity contribution < 1.29 is 4.74 Å². The van der Waals surface area contributed by atoms with Gasteiger partial charge in [0.15, 0.2) is 0 Å². The highest BCUT2D eigenvalue weighted by Gasteiger charge is 2.59. The summed E-state index contributed by atoms with van der Waals surface area (Å²) in [4.78, 5) is 2.56. The molecule has 0 bridgehead atoms. The van der Waals surface area contributed by atoms with E-state index in [0.717, 1.165) is 5.75 Å². The molecule has 4 rings (SSSR count). The first-order valence-electron chi connectivity index (χ1n) is 8.05. The molecule has 1 saturated heterocycles. The minimum atomic E-state index is 0.446. The molecule has 20 heavy (non-hydrogen) atoms. The number of aryl methyl sites for hydroxylation is 1. The summed E-state index contributed by atoms with van der Waals surface area (Å²) in [5.41, 5.74) is 4.21. The number of ether oxygens (including phenoxy) is 1. The minimum Gasteiger partial charge on any atom is -0.497 e. The molecule has 3 aliphatic rings. The normalized spacial score (nSPS) is 36.1. The number of nitrogens with zero attached hydrogens (tertiary/aromatic N) is 1. The van der Waals surface area contributed by atoms with E-state index in [4.69, 9.17) is 4.74 Å². The van der Waals surface area contributed by atoms with Crippen LogP contribution in [0.25, 0.3) is 0 Å². The SMILES string of the molecule is COc1ccc2c(c1)C13CCCC1(CC2)CN(C)CC3. The third kappa shape index (κ3) is 1.49. The van der Waals surface area contributed by atoms with Crippen LogP contribution in [0.3, 0.4) is 0 Å². The Kier molecular flexibility index (Phi) is 2.69.